The lowest BCUT2D eigenvalue weighted by Crippen LogP contribution is -2.47. The van der Waals surface area contributed by atoms with Crippen LogP contribution in [0.3, 0.4) is 0 Å². The van der Waals surface area contributed by atoms with Crippen LogP contribution in [0.25, 0.3) is 0 Å². The topological polar surface area (TPSA) is 80.3 Å². The summed E-state index contributed by atoms with van der Waals surface area (Å²) in [5.41, 5.74) is 6.64. The third kappa shape index (κ3) is 5.17. The predicted molar refractivity (Wildman–Crippen MR) is 98.6 cm³/mol. The molecular weight excluding hydrogens is 410 g/mol. The van der Waals surface area contributed by atoms with Gasteiger partial charge in [0.05, 0.1) is 5.56 Å². The molecule has 1 aromatic heterocycles. The van der Waals surface area contributed by atoms with Crippen molar-refractivity contribution >= 4 is 39.3 Å². The Balaban J connectivity index is 1.96. The van der Waals surface area contributed by atoms with E-state index in [-0.39, 0.29) is 0 Å². The normalized spacial score (nSPS) is 11.6. The van der Waals surface area contributed by atoms with Gasteiger partial charge >= 0.3 is 0 Å². The lowest BCUT2D eigenvalue weighted by atomic mass is 10.1. The Morgan fingerprint density at radius 3 is 2.40 bits per heavy atom. The van der Waals surface area contributed by atoms with E-state index in [9.17, 15) is 9.59 Å². The molecule has 25 heavy (non-hydrogen) atoms. The van der Waals surface area contributed by atoms with Crippen molar-refractivity contribution in [2.45, 2.75) is 26.9 Å². The highest BCUT2D eigenvalue weighted by Crippen LogP contribution is 2.27. The smallest absolute Gasteiger partial charge is 0.279 e. The van der Waals surface area contributed by atoms with Gasteiger partial charge in [0, 0.05) is 21.9 Å². The fourth-order valence-corrected chi connectivity index (χ4v) is 2.83. The number of carbonyl (C=O) groups is 2. The number of aromatic nitrogens is 1. The number of halogens is 2. The minimum absolute atomic E-state index is 0.313. The number of hydrogen-bond donors (Lipinski definition) is 2. The van der Waals surface area contributed by atoms with E-state index in [2.05, 4.69) is 31.8 Å². The Bertz CT molecular complexity index is 790. The first-order valence-electron chi connectivity index (χ1n) is 7.42. The molecular formula is C17H17BrClN3O3. The van der Waals surface area contributed by atoms with Gasteiger partial charge in [-0.15, -0.1) is 0 Å². The second-order valence-electron chi connectivity index (χ2n) is 5.46. The first kappa shape index (κ1) is 19.2. The number of hydrogen-bond acceptors (Lipinski definition) is 4. The van der Waals surface area contributed by atoms with Crippen molar-refractivity contribution in [3.8, 4) is 5.75 Å². The molecule has 0 fully saturated rings. The average Bonchev–Trinajstić information content (AvgIpc) is 2.55. The van der Waals surface area contributed by atoms with Crippen LogP contribution < -0.4 is 15.6 Å². The zero-order valence-electron chi connectivity index (χ0n) is 13.9. The Kier molecular flexibility index (Phi) is 6.39. The highest BCUT2D eigenvalue weighted by molar-refractivity contribution is 9.10. The van der Waals surface area contributed by atoms with Crippen molar-refractivity contribution in [3.05, 3.63) is 56.8 Å². The number of hydrazine groups is 1. The van der Waals surface area contributed by atoms with Crippen molar-refractivity contribution in [2.75, 3.05) is 0 Å². The standard InChI is InChI=1S/C17H17BrClN3O3/c1-9-4-14(19)5-10(2)15(9)25-11(3)16(23)21-22-17(24)12-6-13(18)8-20-7-12/h4-8,11H,1-3H3,(H,21,23)(H,22,24). The van der Waals surface area contributed by atoms with Crippen molar-refractivity contribution in [3.63, 3.8) is 0 Å². The summed E-state index contributed by atoms with van der Waals surface area (Å²) in [5, 5.41) is 0.606. The van der Waals surface area contributed by atoms with E-state index in [1.165, 1.54) is 6.20 Å². The summed E-state index contributed by atoms with van der Waals surface area (Å²) in [6, 6.07) is 5.11. The van der Waals surface area contributed by atoms with Gasteiger partial charge in [0.1, 0.15) is 5.75 Å². The quantitative estimate of drug-likeness (QED) is 0.735. The van der Waals surface area contributed by atoms with Crippen LogP contribution >= 0.6 is 27.5 Å². The molecule has 1 heterocycles. The van der Waals surface area contributed by atoms with E-state index in [4.69, 9.17) is 16.3 Å². The number of aryl methyl sites for hydroxylation is 2. The molecule has 2 amide bonds. The maximum absolute atomic E-state index is 12.1. The first-order valence-corrected chi connectivity index (χ1v) is 8.59. The summed E-state index contributed by atoms with van der Waals surface area (Å²) < 4.78 is 6.37. The van der Waals surface area contributed by atoms with Crippen molar-refractivity contribution in [1.29, 1.82) is 0 Å². The summed E-state index contributed by atoms with van der Waals surface area (Å²) in [6.45, 7) is 5.29. The number of carbonyl (C=O) groups excluding carboxylic acids is 2. The van der Waals surface area contributed by atoms with Crippen LogP contribution in [0.5, 0.6) is 5.75 Å². The molecule has 0 aliphatic carbocycles. The Labute approximate surface area is 159 Å². The summed E-state index contributed by atoms with van der Waals surface area (Å²) in [7, 11) is 0. The molecule has 1 unspecified atom stereocenters. The maximum Gasteiger partial charge on any atom is 0.279 e. The molecule has 0 radical (unpaired) electrons. The van der Waals surface area contributed by atoms with Crippen LogP contribution in [0.1, 0.15) is 28.4 Å². The average molecular weight is 427 g/mol. The number of nitrogens with one attached hydrogen (secondary N) is 2. The van der Waals surface area contributed by atoms with E-state index in [1.807, 2.05) is 13.8 Å². The van der Waals surface area contributed by atoms with Crippen LogP contribution in [-0.2, 0) is 4.79 Å². The molecule has 2 aromatic rings. The van der Waals surface area contributed by atoms with Gasteiger partial charge in [-0.05, 0) is 66.0 Å². The van der Waals surface area contributed by atoms with Crippen LogP contribution in [-0.4, -0.2) is 22.9 Å². The van der Waals surface area contributed by atoms with Gasteiger partial charge < -0.3 is 4.74 Å². The molecule has 2 rings (SSSR count). The molecule has 0 aliphatic rings. The van der Waals surface area contributed by atoms with E-state index in [0.29, 0.717) is 20.8 Å². The second-order valence-corrected chi connectivity index (χ2v) is 6.82. The van der Waals surface area contributed by atoms with E-state index >= 15 is 0 Å². The summed E-state index contributed by atoms with van der Waals surface area (Å²) in [5.74, 6) is -0.368. The summed E-state index contributed by atoms with van der Waals surface area (Å²) >= 11 is 9.21. The van der Waals surface area contributed by atoms with Gasteiger partial charge in [-0.3, -0.25) is 25.4 Å². The highest BCUT2D eigenvalue weighted by Gasteiger charge is 2.18. The van der Waals surface area contributed by atoms with Crippen molar-refractivity contribution < 1.29 is 14.3 Å². The molecule has 0 spiro atoms. The molecule has 132 valence electrons. The molecule has 8 heteroatoms. The SMILES string of the molecule is Cc1cc(Cl)cc(C)c1OC(C)C(=O)NNC(=O)c1cncc(Br)c1. The molecule has 0 aliphatic heterocycles. The van der Waals surface area contributed by atoms with Crippen LogP contribution in [0.2, 0.25) is 5.02 Å². The monoisotopic (exact) mass is 425 g/mol. The molecule has 1 atom stereocenters. The van der Waals surface area contributed by atoms with Gasteiger partial charge in [-0.25, -0.2) is 0 Å². The fraction of sp³-hybridized carbons (Fsp3) is 0.235. The number of ether oxygens (including phenoxy) is 1. The zero-order chi connectivity index (χ0) is 18.6. The Morgan fingerprint density at radius 2 is 1.80 bits per heavy atom. The number of pyridine rings is 1. The zero-order valence-corrected chi connectivity index (χ0v) is 16.2. The Hall–Kier alpha value is -2.12. The van der Waals surface area contributed by atoms with E-state index in [1.54, 1.807) is 31.3 Å². The lowest BCUT2D eigenvalue weighted by Gasteiger charge is -2.18. The lowest BCUT2D eigenvalue weighted by molar-refractivity contribution is -0.128. The molecule has 0 bridgehead atoms. The highest BCUT2D eigenvalue weighted by atomic mass is 79.9. The number of benzene rings is 1. The van der Waals surface area contributed by atoms with E-state index in [0.717, 1.165) is 11.1 Å². The molecule has 2 N–H and O–H groups in total. The van der Waals surface area contributed by atoms with Gasteiger partial charge in [0.25, 0.3) is 11.8 Å². The minimum atomic E-state index is -0.806. The molecule has 0 saturated heterocycles. The largest absolute Gasteiger partial charge is 0.480 e. The van der Waals surface area contributed by atoms with Gasteiger partial charge in [-0.2, -0.15) is 0 Å². The maximum atomic E-state index is 12.1. The summed E-state index contributed by atoms with van der Waals surface area (Å²) in [4.78, 5) is 28.0. The summed E-state index contributed by atoms with van der Waals surface area (Å²) in [6.07, 6.45) is 2.15. The van der Waals surface area contributed by atoms with Crippen LogP contribution in [0.4, 0.5) is 0 Å². The van der Waals surface area contributed by atoms with Crippen molar-refractivity contribution in [1.82, 2.24) is 15.8 Å². The van der Waals surface area contributed by atoms with Gasteiger partial charge in [-0.1, -0.05) is 11.6 Å². The van der Waals surface area contributed by atoms with Gasteiger partial charge in [0.2, 0.25) is 0 Å². The third-order valence-electron chi connectivity index (χ3n) is 3.36. The van der Waals surface area contributed by atoms with Gasteiger partial charge in [0.15, 0.2) is 6.10 Å². The molecule has 0 saturated carbocycles. The number of rotatable bonds is 4. The molecule has 6 nitrogen and oxygen atoms in total. The number of nitrogens with zero attached hydrogens (tertiary/aromatic N) is 1. The first-order chi connectivity index (χ1) is 11.8. The minimum Gasteiger partial charge on any atom is -0.480 e. The predicted octanol–water partition coefficient (Wildman–Crippen LogP) is 3.34. The van der Waals surface area contributed by atoms with E-state index < -0.39 is 17.9 Å². The fourth-order valence-electron chi connectivity index (χ4n) is 2.14. The van der Waals surface area contributed by atoms with Crippen molar-refractivity contribution in [2.24, 2.45) is 0 Å². The Morgan fingerprint density at radius 1 is 1.16 bits per heavy atom. The van der Waals surface area contributed by atoms with Crippen LogP contribution in [0, 0.1) is 13.8 Å². The third-order valence-corrected chi connectivity index (χ3v) is 4.01. The van der Waals surface area contributed by atoms with Crippen LogP contribution in [0.15, 0.2) is 35.1 Å². The number of amides is 2. The molecule has 1 aromatic carbocycles. The second kappa shape index (κ2) is 8.31.